The summed E-state index contributed by atoms with van der Waals surface area (Å²) in [5.41, 5.74) is 9.02. The van der Waals surface area contributed by atoms with Gasteiger partial charge < -0.3 is 4.42 Å². The lowest BCUT2D eigenvalue weighted by Gasteiger charge is -2.19. The van der Waals surface area contributed by atoms with Crippen LogP contribution in [0, 0.1) is 12.3 Å². The number of hydrogen-bond acceptors (Lipinski definition) is 2. The Bertz CT molecular complexity index is 1540. The van der Waals surface area contributed by atoms with Crippen molar-refractivity contribution in [1.82, 2.24) is 0 Å². The Kier molecular flexibility index (Phi) is 3.74. The summed E-state index contributed by atoms with van der Waals surface area (Å²) in [5, 5.41) is 4.83. The van der Waals surface area contributed by atoms with Gasteiger partial charge in [0.25, 0.3) is 0 Å². The van der Waals surface area contributed by atoms with Crippen LogP contribution >= 0.6 is 0 Å². The van der Waals surface area contributed by atoms with E-state index in [1.165, 1.54) is 27.5 Å². The van der Waals surface area contributed by atoms with Gasteiger partial charge in [0.2, 0.25) is 0 Å². The molecule has 0 radical (unpaired) electrons. The topological polar surface area (TPSA) is 25.5 Å². The van der Waals surface area contributed by atoms with Crippen LogP contribution in [0.1, 0.15) is 43.0 Å². The van der Waals surface area contributed by atoms with Gasteiger partial charge in [0.1, 0.15) is 11.2 Å². The van der Waals surface area contributed by atoms with E-state index in [1.54, 1.807) is 0 Å². The van der Waals surface area contributed by atoms with Crippen molar-refractivity contribution in [2.75, 3.05) is 0 Å². The summed E-state index contributed by atoms with van der Waals surface area (Å²) >= 11 is 0. The Hall–Kier alpha value is -3.39. The normalized spacial score (nSPS) is 13.5. The highest BCUT2D eigenvalue weighted by Crippen LogP contribution is 2.41. The monoisotopic (exact) mass is 403 g/mol. The second-order valence-electron chi connectivity index (χ2n) is 10.0. The second-order valence-corrected chi connectivity index (χ2v) is 10.0. The summed E-state index contributed by atoms with van der Waals surface area (Å²) in [6, 6.07) is 23.8. The molecular weight excluding hydrogens is 378 g/mol. The quantitative estimate of drug-likeness (QED) is 0.286. The maximum atomic E-state index is 6.38. The van der Waals surface area contributed by atoms with Gasteiger partial charge in [0.05, 0.1) is 11.4 Å². The Balaban J connectivity index is 1.64. The van der Waals surface area contributed by atoms with Gasteiger partial charge in [-0.05, 0) is 65.6 Å². The molecule has 0 aliphatic carbocycles. The first-order valence-electron chi connectivity index (χ1n) is 10.9. The van der Waals surface area contributed by atoms with Crippen LogP contribution in [-0.2, 0) is 6.42 Å². The van der Waals surface area contributed by atoms with Crippen LogP contribution < -0.4 is 0 Å². The lowest BCUT2D eigenvalue weighted by atomic mass is 9.85. The third-order valence-corrected chi connectivity index (χ3v) is 6.11. The Morgan fingerprint density at radius 2 is 1.68 bits per heavy atom. The first-order valence-corrected chi connectivity index (χ1v) is 10.9. The molecule has 5 aromatic rings. The number of benzene rings is 4. The molecule has 4 aromatic carbocycles. The highest BCUT2D eigenvalue weighted by molar-refractivity contribution is 6.30. The summed E-state index contributed by atoms with van der Waals surface area (Å²) in [6.45, 7) is 9.03. The average Bonchev–Trinajstić information content (AvgIpc) is 3.26. The molecule has 6 rings (SSSR count). The first kappa shape index (κ1) is 18.4. The minimum atomic E-state index is 0.225. The van der Waals surface area contributed by atoms with Gasteiger partial charge in [0, 0.05) is 27.3 Å². The molecule has 0 atom stereocenters. The maximum absolute atomic E-state index is 6.38. The van der Waals surface area contributed by atoms with E-state index in [0.717, 1.165) is 45.3 Å². The van der Waals surface area contributed by atoms with Gasteiger partial charge in [0.15, 0.2) is 0 Å². The molecule has 0 amide bonds. The lowest BCUT2D eigenvalue weighted by Crippen LogP contribution is -2.10. The molecule has 2 nitrogen and oxygen atoms in total. The lowest BCUT2D eigenvalue weighted by molar-refractivity contribution is 0.411. The summed E-state index contributed by atoms with van der Waals surface area (Å²) in [4.78, 5) is 5.12. The molecule has 0 N–H and O–H groups in total. The SMILES string of the molecule is Cc1cc(C2=Nc3cccc4cc(CC(C)(C)C)cc2c34)c2oc3ccccc3c2c1. The molecule has 1 aromatic heterocycles. The first-order chi connectivity index (χ1) is 14.9. The molecule has 0 unspecified atom stereocenters. The number of aryl methyl sites for hydroxylation is 1. The van der Waals surface area contributed by atoms with Crippen LogP contribution in [0.5, 0.6) is 0 Å². The van der Waals surface area contributed by atoms with Crippen molar-refractivity contribution in [3.05, 3.63) is 89.0 Å². The Morgan fingerprint density at radius 3 is 2.52 bits per heavy atom. The van der Waals surface area contributed by atoms with Crippen molar-refractivity contribution in [1.29, 1.82) is 0 Å². The zero-order valence-corrected chi connectivity index (χ0v) is 18.4. The van der Waals surface area contributed by atoms with Gasteiger partial charge in [-0.1, -0.05) is 57.2 Å². The molecule has 31 heavy (non-hydrogen) atoms. The molecule has 152 valence electrons. The number of aliphatic imine (C=N–C) groups is 1. The zero-order chi connectivity index (χ0) is 21.3. The molecule has 0 saturated carbocycles. The van der Waals surface area contributed by atoms with Crippen LogP contribution in [0.2, 0.25) is 0 Å². The van der Waals surface area contributed by atoms with E-state index in [0.29, 0.717) is 0 Å². The van der Waals surface area contributed by atoms with E-state index in [4.69, 9.17) is 9.41 Å². The van der Waals surface area contributed by atoms with E-state index in [2.05, 4.69) is 82.3 Å². The van der Waals surface area contributed by atoms with E-state index >= 15 is 0 Å². The van der Waals surface area contributed by atoms with Gasteiger partial charge in [-0.3, -0.25) is 0 Å². The summed E-state index contributed by atoms with van der Waals surface area (Å²) in [5.74, 6) is 0. The predicted octanol–water partition coefficient (Wildman–Crippen LogP) is 8.12. The Labute approximate surface area is 182 Å². The summed E-state index contributed by atoms with van der Waals surface area (Å²) in [6.07, 6.45) is 1.03. The minimum absolute atomic E-state index is 0.225. The fourth-order valence-electron chi connectivity index (χ4n) is 5.00. The van der Waals surface area contributed by atoms with Crippen LogP contribution in [0.25, 0.3) is 32.7 Å². The Morgan fingerprint density at radius 1 is 0.839 bits per heavy atom. The van der Waals surface area contributed by atoms with Crippen molar-refractivity contribution in [3.63, 3.8) is 0 Å². The summed E-state index contributed by atoms with van der Waals surface area (Å²) in [7, 11) is 0. The zero-order valence-electron chi connectivity index (χ0n) is 18.4. The van der Waals surface area contributed by atoms with Crippen molar-refractivity contribution >= 4 is 44.1 Å². The van der Waals surface area contributed by atoms with Crippen molar-refractivity contribution in [2.45, 2.75) is 34.1 Å². The van der Waals surface area contributed by atoms with E-state index in [1.807, 2.05) is 12.1 Å². The fraction of sp³-hybridized carbons (Fsp3) is 0.207. The molecule has 0 spiro atoms. The molecule has 1 aliphatic rings. The third kappa shape index (κ3) is 2.90. The molecule has 0 fully saturated rings. The van der Waals surface area contributed by atoms with Gasteiger partial charge in [-0.15, -0.1) is 0 Å². The van der Waals surface area contributed by atoms with E-state index in [-0.39, 0.29) is 5.41 Å². The van der Waals surface area contributed by atoms with Gasteiger partial charge >= 0.3 is 0 Å². The number of hydrogen-bond donors (Lipinski definition) is 0. The van der Waals surface area contributed by atoms with Crippen molar-refractivity contribution < 1.29 is 4.42 Å². The number of para-hydroxylation sites is 1. The highest BCUT2D eigenvalue weighted by Gasteiger charge is 2.25. The fourth-order valence-corrected chi connectivity index (χ4v) is 5.00. The van der Waals surface area contributed by atoms with Crippen LogP contribution in [0.4, 0.5) is 5.69 Å². The van der Waals surface area contributed by atoms with Crippen LogP contribution in [0.15, 0.2) is 76.1 Å². The van der Waals surface area contributed by atoms with Crippen LogP contribution in [0.3, 0.4) is 0 Å². The number of furan rings is 1. The van der Waals surface area contributed by atoms with E-state index in [9.17, 15) is 0 Å². The molecule has 1 aliphatic heterocycles. The maximum Gasteiger partial charge on any atom is 0.144 e. The minimum Gasteiger partial charge on any atom is -0.455 e. The third-order valence-electron chi connectivity index (χ3n) is 6.11. The molecule has 2 heterocycles. The second kappa shape index (κ2) is 6.31. The van der Waals surface area contributed by atoms with Crippen molar-refractivity contribution in [2.24, 2.45) is 10.4 Å². The van der Waals surface area contributed by atoms with Gasteiger partial charge in [-0.2, -0.15) is 0 Å². The molecule has 0 bridgehead atoms. The number of nitrogens with zero attached hydrogens (tertiary/aromatic N) is 1. The number of rotatable bonds is 2. The highest BCUT2D eigenvalue weighted by atomic mass is 16.3. The van der Waals surface area contributed by atoms with E-state index < -0.39 is 0 Å². The standard InChI is InChI=1S/C29H25NO/c1-17-12-21-20-9-5-6-11-25(20)31-28(21)23(13-17)27-22-15-18(16-29(2,3)4)14-19-8-7-10-24(30-27)26(19)22/h5-15H,16H2,1-4H3. The molecule has 2 heteroatoms. The van der Waals surface area contributed by atoms with Gasteiger partial charge in [-0.25, -0.2) is 4.99 Å². The molecule has 0 saturated heterocycles. The number of fused-ring (bicyclic) bond motifs is 3. The largest absolute Gasteiger partial charge is 0.455 e. The smallest absolute Gasteiger partial charge is 0.144 e. The summed E-state index contributed by atoms with van der Waals surface area (Å²) < 4.78 is 6.38. The predicted molar refractivity (Wildman–Crippen MR) is 131 cm³/mol. The van der Waals surface area contributed by atoms with Crippen LogP contribution in [-0.4, -0.2) is 5.71 Å². The molecular formula is C29H25NO. The van der Waals surface area contributed by atoms with Crippen molar-refractivity contribution in [3.8, 4) is 0 Å². The average molecular weight is 404 g/mol.